The van der Waals surface area contributed by atoms with E-state index >= 15 is 0 Å². The maximum absolute atomic E-state index is 12.9. The number of nitrogens with two attached hydrogens (primary N) is 2. The Morgan fingerprint density at radius 1 is 0.593 bits per heavy atom. The highest BCUT2D eigenvalue weighted by Gasteiger charge is 2.24. The van der Waals surface area contributed by atoms with Crippen molar-refractivity contribution in [2.45, 2.75) is 19.6 Å². The number of aromatic hydroxyl groups is 2. The van der Waals surface area contributed by atoms with Crippen molar-refractivity contribution in [3.05, 3.63) is 90.1 Å². The van der Waals surface area contributed by atoms with Crippen molar-refractivity contribution in [2.24, 2.45) is 25.6 Å². The van der Waals surface area contributed by atoms with Crippen LogP contribution in [-0.2, 0) is 39.0 Å². The third kappa shape index (κ3) is 9.63. The molecule has 23 nitrogen and oxygen atoms in total. The number of phenolic OH excluding ortho intramolecular Hbond substituents is 2. The lowest BCUT2D eigenvalue weighted by molar-refractivity contribution is -0.435. The number of rotatable bonds is 14. The largest absolute Gasteiger partial charge is 0.594 e. The monoisotopic (exact) mass is 888 g/mol. The van der Waals surface area contributed by atoms with Gasteiger partial charge in [0.2, 0.25) is 5.69 Å². The van der Waals surface area contributed by atoms with E-state index < -0.39 is 47.2 Å². The summed E-state index contributed by atoms with van der Waals surface area (Å²) in [7, 11) is -9.66. The van der Waals surface area contributed by atoms with E-state index in [0.717, 1.165) is 18.2 Å². The van der Waals surface area contributed by atoms with Gasteiger partial charge < -0.3 is 26.9 Å². The molecule has 10 N–H and O–H groups in total. The molecule has 59 heavy (non-hydrogen) atoms. The summed E-state index contributed by atoms with van der Waals surface area (Å²) in [5.74, 6) is -1.19. The van der Waals surface area contributed by atoms with Gasteiger partial charge in [0, 0.05) is 33.7 Å². The van der Waals surface area contributed by atoms with Crippen LogP contribution in [0.2, 0.25) is 0 Å². The van der Waals surface area contributed by atoms with Gasteiger partial charge in [-0.15, -0.1) is 18.9 Å². The van der Waals surface area contributed by atoms with E-state index in [-0.39, 0.29) is 76.0 Å². The topological polar surface area (TPSA) is 366 Å². The minimum Gasteiger partial charge on any atom is -0.594 e. The van der Waals surface area contributed by atoms with Crippen LogP contribution in [-0.4, -0.2) is 51.5 Å². The lowest BCUT2D eigenvalue weighted by Gasteiger charge is -2.11. The zero-order valence-electron chi connectivity index (χ0n) is 28.9. The first-order valence-electron chi connectivity index (χ1n) is 15.6. The van der Waals surface area contributed by atoms with Gasteiger partial charge in [-0.2, -0.15) is 27.1 Å². The average Bonchev–Trinajstić information content (AvgIpc) is 3.19. The number of hydrogen-bond donors (Lipinski definition) is 8. The molecule has 0 radical (unpaired) electrons. The molecule has 6 aromatic carbocycles. The fourth-order valence-corrected chi connectivity index (χ4v) is 7.46. The number of nitrogen functional groups attached to an aromatic ring is 2. The van der Waals surface area contributed by atoms with Crippen molar-refractivity contribution in [3.8, 4) is 11.5 Å². The van der Waals surface area contributed by atoms with Gasteiger partial charge in [-0.3, -0.25) is 9.11 Å². The Hall–Kier alpha value is -6.08. The number of azo groups is 3. The van der Waals surface area contributed by atoms with Crippen LogP contribution in [0.1, 0.15) is 0 Å². The molecule has 0 aromatic heterocycles. The van der Waals surface area contributed by atoms with Crippen molar-refractivity contribution < 1.29 is 70.3 Å². The molecule has 0 aliphatic rings. The SMILES string of the molecule is Nc1cc2c(O)c(N=Nc3ccc([N+]([O-])=Nc4ccc(N=Nc5c(SOOO)cc6cc(S(=O)(=O)O)c(N)cc6c5O)cc4)cc3)c(S(=O)(=O)O)cc2cc1SOOO. The van der Waals surface area contributed by atoms with E-state index in [4.69, 9.17) is 22.0 Å². The van der Waals surface area contributed by atoms with Gasteiger partial charge in [0.05, 0.1) is 50.9 Å². The van der Waals surface area contributed by atoms with Crippen LogP contribution in [0.15, 0.2) is 130 Å². The molecule has 0 saturated carbocycles. The molecule has 0 atom stereocenters. The van der Waals surface area contributed by atoms with Gasteiger partial charge in [-0.05, 0) is 83.6 Å². The van der Waals surface area contributed by atoms with Crippen LogP contribution in [0.4, 0.5) is 45.5 Å². The van der Waals surface area contributed by atoms with Gasteiger partial charge in [0.1, 0.15) is 26.9 Å². The summed E-state index contributed by atoms with van der Waals surface area (Å²) < 4.78 is 76.1. The predicted molar refractivity (Wildman–Crippen MR) is 208 cm³/mol. The first-order chi connectivity index (χ1) is 28.0. The van der Waals surface area contributed by atoms with Crippen LogP contribution in [0.3, 0.4) is 0 Å². The second-order valence-corrected chi connectivity index (χ2v) is 15.8. The minimum atomic E-state index is -4.95. The fraction of sp³-hybridized carbons (Fsp3) is 0. The van der Waals surface area contributed by atoms with E-state index in [2.05, 4.69) is 44.3 Å². The third-order valence-electron chi connectivity index (χ3n) is 7.88. The summed E-state index contributed by atoms with van der Waals surface area (Å²) in [4.78, 5) is -0.939. The highest BCUT2D eigenvalue weighted by atomic mass is 32.2. The standard InChI is InChI=1S/C32H24N8O15S4/c33-23-13-21-15(9-25(23)56-54-52-44)12-28(59(49,50)51)30(32(21)42)38-36-18-5-7-20(8-6-18)40(43)39-19-3-1-17(2-4-19)35-37-29-26(57-55-53-45)10-16-11-27(58(46,47)48)24(34)14-22(16)31(29)41/h1-14,41-42,44-45H,33-34H2,(H,46,47,48)(H,49,50,51). The smallest absolute Gasteiger partial charge is 0.296 e. The quantitative estimate of drug-likeness (QED) is 0.00963. The predicted octanol–water partition coefficient (Wildman–Crippen LogP) is 8.68. The van der Waals surface area contributed by atoms with Gasteiger partial charge in [-0.25, -0.2) is 10.5 Å². The van der Waals surface area contributed by atoms with Crippen LogP contribution < -0.4 is 11.5 Å². The van der Waals surface area contributed by atoms with Gasteiger partial charge >= 0.3 is 0 Å². The maximum atomic E-state index is 12.9. The maximum Gasteiger partial charge on any atom is 0.296 e. The summed E-state index contributed by atoms with van der Waals surface area (Å²) in [5.41, 5.74) is 11.1. The molecule has 6 aromatic rings. The number of benzene rings is 6. The molecule has 0 heterocycles. The molecule has 0 aliphatic carbocycles. The van der Waals surface area contributed by atoms with E-state index in [0.29, 0.717) is 24.1 Å². The lowest BCUT2D eigenvalue weighted by Crippen LogP contribution is -2.03. The van der Waals surface area contributed by atoms with Crippen LogP contribution in [0.25, 0.3) is 21.5 Å². The third-order valence-corrected chi connectivity index (χ3v) is 10.9. The Bertz CT molecular complexity index is 2920. The van der Waals surface area contributed by atoms with Crippen molar-refractivity contribution in [2.75, 3.05) is 11.5 Å². The lowest BCUT2D eigenvalue weighted by atomic mass is 10.1. The minimum absolute atomic E-state index is 0.00265. The summed E-state index contributed by atoms with van der Waals surface area (Å²) in [6.07, 6.45) is 0. The molecule has 0 fully saturated rings. The fourth-order valence-electron chi connectivity index (χ4n) is 5.24. The number of hydrogen-bond acceptors (Lipinski definition) is 22. The van der Waals surface area contributed by atoms with Crippen molar-refractivity contribution in [3.63, 3.8) is 0 Å². The highest BCUT2D eigenvalue weighted by molar-refractivity contribution is 7.95. The highest BCUT2D eigenvalue weighted by Crippen LogP contribution is 2.46. The molecule has 0 spiro atoms. The van der Waals surface area contributed by atoms with Gasteiger partial charge in [-0.1, -0.05) is 14.9 Å². The molecule has 6 rings (SSSR count). The average molecular weight is 889 g/mol. The Kier molecular flexibility index (Phi) is 12.6. The first kappa shape index (κ1) is 42.5. The Morgan fingerprint density at radius 2 is 1.05 bits per heavy atom. The van der Waals surface area contributed by atoms with E-state index in [1.807, 2.05) is 0 Å². The summed E-state index contributed by atoms with van der Waals surface area (Å²) in [6.45, 7) is 0. The van der Waals surface area contributed by atoms with Crippen LogP contribution in [0.5, 0.6) is 11.5 Å². The van der Waals surface area contributed by atoms with Crippen LogP contribution in [0, 0.1) is 5.21 Å². The Labute approximate surface area is 338 Å². The molecule has 0 bridgehead atoms. The normalized spacial score (nSPS) is 12.7. The van der Waals surface area contributed by atoms with Gasteiger partial charge in [0.25, 0.3) is 20.2 Å². The summed E-state index contributed by atoms with van der Waals surface area (Å²) >= 11 is 0.881. The Morgan fingerprint density at radius 3 is 1.61 bits per heavy atom. The molecule has 306 valence electrons. The van der Waals surface area contributed by atoms with E-state index in [1.165, 1.54) is 66.7 Å². The van der Waals surface area contributed by atoms with E-state index in [9.17, 15) is 41.4 Å². The number of nitrogens with zero attached hydrogens (tertiary/aromatic N) is 6. The number of fused-ring (bicyclic) bond motifs is 2. The molecular weight excluding hydrogens is 865 g/mol. The van der Waals surface area contributed by atoms with Crippen LogP contribution >= 0.6 is 24.1 Å². The van der Waals surface area contributed by atoms with Crippen molar-refractivity contribution in [1.82, 2.24) is 0 Å². The second-order valence-electron chi connectivity index (χ2n) is 11.6. The second kappa shape index (κ2) is 17.4. The van der Waals surface area contributed by atoms with Crippen molar-refractivity contribution in [1.29, 1.82) is 0 Å². The molecule has 0 aliphatic heterocycles. The molecule has 27 heteroatoms. The molecule has 0 unspecified atom stereocenters. The molecule has 0 saturated heterocycles. The summed E-state index contributed by atoms with van der Waals surface area (Å²) in [6, 6.07) is 18.1. The Balaban J connectivity index is 1.21. The zero-order chi connectivity index (χ0) is 42.6. The van der Waals surface area contributed by atoms with E-state index in [1.54, 1.807) is 0 Å². The molecule has 0 amide bonds. The zero-order valence-corrected chi connectivity index (χ0v) is 32.2. The van der Waals surface area contributed by atoms with Crippen molar-refractivity contribution >= 4 is 111 Å². The molecular formula is C32H24N8O15S4. The number of anilines is 2. The number of phenols is 2. The first-order valence-corrected chi connectivity index (χ1v) is 20.0. The van der Waals surface area contributed by atoms with Gasteiger partial charge in [0.15, 0.2) is 11.5 Å². The summed E-state index contributed by atoms with van der Waals surface area (Å²) in [5, 5.41) is 79.1.